The first-order valence-electron chi connectivity index (χ1n) is 8.67. The van der Waals surface area contributed by atoms with Crippen LogP contribution in [0.1, 0.15) is 28.8 Å². The molecule has 0 aliphatic carbocycles. The molecule has 0 bridgehead atoms. The van der Waals surface area contributed by atoms with E-state index in [2.05, 4.69) is 10.9 Å². The number of benzene rings is 1. The molecule has 7 nitrogen and oxygen atoms in total. The number of hydrogen-bond donors (Lipinski definition) is 2. The Balaban J connectivity index is 1.48. The quantitative estimate of drug-likeness (QED) is 0.798. The Morgan fingerprint density at radius 2 is 1.93 bits per heavy atom. The van der Waals surface area contributed by atoms with E-state index in [1.807, 2.05) is 0 Å². The average Bonchev–Trinajstić information content (AvgIpc) is 3.22. The number of likely N-dealkylation sites (tertiary alicyclic amines) is 1. The zero-order valence-electron chi connectivity index (χ0n) is 14.6. The molecule has 142 valence electrons. The van der Waals surface area contributed by atoms with Gasteiger partial charge in [0.25, 0.3) is 5.91 Å². The van der Waals surface area contributed by atoms with Crippen molar-refractivity contribution in [1.82, 2.24) is 15.8 Å². The number of rotatable bonds is 4. The summed E-state index contributed by atoms with van der Waals surface area (Å²) < 4.78 is 17.8. The van der Waals surface area contributed by atoms with E-state index in [0.717, 1.165) is 0 Å². The summed E-state index contributed by atoms with van der Waals surface area (Å²) in [5.74, 6) is -1.70. The van der Waals surface area contributed by atoms with Gasteiger partial charge in [-0.2, -0.15) is 0 Å². The van der Waals surface area contributed by atoms with E-state index < -0.39 is 11.8 Å². The number of furan rings is 1. The summed E-state index contributed by atoms with van der Waals surface area (Å²) in [5.41, 5.74) is 5.86. The number of piperidine rings is 1. The third kappa shape index (κ3) is 4.93. The molecule has 2 heterocycles. The lowest BCUT2D eigenvalue weighted by molar-refractivity contribution is -0.131. The van der Waals surface area contributed by atoms with Crippen LogP contribution in [0, 0.1) is 11.7 Å². The minimum atomic E-state index is -0.405. The van der Waals surface area contributed by atoms with Crippen molar-refractivity contribution in [3.63, 3.8) is 0 Å². The maximum absolute atomic E-state index is 12.9. The SMILES string of the molecule is O=C(Cc1ccc(F)cc1)NNC(=O)[C@@H]1CCCN(C(=O)c2ccoc2)C1. The summed E-state index contributed by atoms with van der Waals surface area (Å²) in [7, 11) is 0. The van der Waals surface area contributed by atoms with Crippen molar-refractivity contribution >= 4 is 17.7 Å². The van der Waals surface area contributed by atoms with Crippen molar-refractivity contribution in [1.29, 1.82) is 0 Å². The number of hydrazine groups is 1. The Labute approximate surface area is 155 Å². The van der Waals surface area contributed by atoms with E-state index in [9.17, 15) is 18.8 Å². The maximum Gasteiger partial charge on any atom is 0.257 e. The molecular weight excluding hydrogens is 353 g/mol. The first-order valence-corrected chi connectivity index (χ1v) is 8.67. The molecular formula is C19H20FN3O4. The molecule has 1 fully saturated rings. The number of hydrogen-bond acceptors (Lipinski definition) is 4. The summed E-state index contributed by atoms with van der Waals surface area (Å²) in [6, 6.07) is 7.15. The lowest BCUT2D eigenvalue weighted by atomic mass is 9.97. The van der Waals surface area contributed by atoms with Gasteiger partial charge in [0.2, 0.25) is 11.8 Å². The van der Waals surface area contributed by atoms with Crippen LogP contribution in [0.25, 0.3) is 0 Å². The normalized spacial score (nSPS) is 16.6. The Kier molecular flexibility index (Phi) is 5.85. The highest BCUT2D eigenvalue weighted by molar-refractivity contribution is 5.94. The van der Waals surface area contributed by atoms with Crippen LogP contribution in [0.2, 0.25) is 0 Å². The van der Waals surface area contributed by atoms with Gasteiger partial charge in [0, 0.05) is 13.1 Å². The van der Waals surface area contributed by atoms with Gasteiger partial charge in [0.15, 0.2) is 0 Å². The van der Waals surface area contributed by atoms with E-state index in [-0.39, 0.29) is 30.6 Å². The molecule has 0 radical (unpaired) electrons. The molecule has 3 amide bonds. The second kappa shape index (κ2) is 8.48. The van der Waals surface area contributed by atoms with Crippen LogP contribution in [-0.2, 0) is 16.0 Å². The predicted molar refractivity (Wildman–Crippen MR) is 93.7 cm³/mol. The first kappa shape index (κ1) is 18.6. The molecule has 0 unspecified atom stereocenters. The van der Waals surface area contributed by atoms with Crippen LogP contribution in [0.3, 0.4) is 0 Å². The van der Waals surface area contributed by atoms with Gasteiger partial charge in [0.05, 0.1) is 24.2 Å². The van der Waals surface area contributed by atoms with Gasteiger partial charge in [-0.1, -0.05) is 12.1 Å². The van der Waals surface area contributed by atoms with Crippen LogP contribution < -0.4 is 10.9 Å². The molecule has 2 aromatic rings. The van der Waals surface area contributed by atoms with Crippen molar-refractivity contribution in [2.24, 2.45) is 5.92 Å². The largest absolute Gasteiger partial charge is 0.472 e. The van der Waals surface area contributed by atoms with Gasteiger partial charge in [-0.15, -0.1) is 0 Å². The third-order valence-electron chi connectivity index (χ3n) is 4.45. The minimum Gasteiger partial charge on any atom is -0.472 e. The highest BCUT2D eigenvalue weighted by Gasteiger charge is 2.29. The fourth-order valence-corrected chi connectivity index (χ4v) is 3.01. The molecule has 2 N–H and O–H groups in total. The Morgan fingerprint density at radius 1 is 1.15 bits per heavy atom. The molecule has 3 rings (SSSR count). The summed E-state index contributed by atoms with van der Waals surface area (Å²) in [4.78, 5) is 38.2. The van der Waals surface area contributed by atoms with Crippen molar-refractivity contribution in [2.75, 3.05) is 13.1 Å². The van der Waals surface area contributed by atoms with Crippen LogP contribution in [0.15, 0.2) is 47.3 Å². The number of carbonyl (C=O) groups is 3. The van der Waals surface area contributed by atoms with E-state index in [1.54, 1.807) is 11.0 Å². The number of nitrogens with zero attached hydrogens (tertiary/aromatic N) is 1. The number of carbonyl (C=O) groups excluding carboxylic acids is 3. The zero-order valence-corrected chi connectivity index (χ0v) is 14.6. The molecule has 0 saturated carbocycles. The second-order valence-corrected chi connectivity index (χ2v) is 6.44. The Bertz CT molecular complexity index is 805. The van der Waals surface area contributed by atoms with Crippen molar-refractivity contribution in [2.45, 2.75) is 19.3 Å². The van der Waals surface area contributed by atoms with Crippen LogP contribution in [0.5, 0.6) is 0 Å². The van der Waals surface area contributed by atoms with Crippen LogP contribution in [0.4, 0.5) is 4.39 Å². The van der Waals surface area contributed by atoms with E-state index in [0.29, 0.717) is 30.5 Å². The smallest absolute Gasteiger partial charge is 0.257 e. The topological polar surface area (TPSA) is 91.7 Å². The van der Waals surface area contributed by atoms with Gasteiger partial charge in [-0.3, -0.25) is 25.2 Å². The number of halogens is 1. The van der Waals surface area contributed by atoms with Crippen molar-refractivity contribution in [3.8, 4) is 0 Å². The fourth-order valence-electron chi connectivity index (χ4n) is 3.01. The highest BCUT2D eigenvalue weighted by atomic mass is 19.1. The van der Waals surface area contributed by atoms with Crippen molar-refractivity contribution in [3.05, 3.63) is 59.8 Å². The highest BCUT2D eigenvalue weighted by Crippen LogP contribution is 2.19. The zero-order chi connectivity index (χ0) is 19.2. The molecule has 1 aromatic heterocycles. The van der Waals surface area contributed by atoms with Gasteiger partial charge >= 0.3 is 0 Å². The molecule has 8 heteroatoms. The number of nitrogens with one attached hydrogen (secondary N) is 2. The summed E-state index contributed by atoms with van der Waals surface area (Å²) in [5, 5.41) is 0. The van der Waals surface area contributed by atoms with Gasteiger partial charge < -0.3 is 9.32 Å². The van der Waals surface area contributed by atoms with Gasteiger partial charge in [-0.05, 0) is 36.6 Å². The summed E-state index contributed by atoms with van der Waals surface area (Å²) in [6.07, 6.45) is 4.16. The van der Waals surface area contributed by atoms with Crippen LogP contribution >= 0.6 is 0 Å². The second-order valence-electron chi connectivity index (χ2n) is 6.44. The van der Waals surface area contributed by atoms with E-state index in [1.165, 1.54) is 36.8 Å². The Morgan fingerprint density at radius 3 is 2.63 bits per heavy atom. The molecule has 0 spiro atoms. The molecule has 1 atom stereocenters. The number of amides is 3. The molecule has 1 aliphatic heterocycles. The van der Waals surface area contributed by atoms with E-state index >= 15 is 0 Å². The molecule has 27 heavy (non-hydrogen) atoms. The Hall–Kier alpha value is -3.16. The monoisotopic (exact) mass is 373 g/mol. The lowest BCUT2D eigenvalue weighted by Crippen LogP contribution is -2.50. The lowest BCUT2D eigenvalue weighted by Gasteiger charge is -2.31. The van der Waals surface area contributed by atoms with Crippen molar-refractivity contribution < 1.29 is 23.2 Å². The molecule has 1 saturated heterocycles. The molecule has 1 aromatic carbocycles. The predicted octanol–water partition coefficient (Wildman–Crippen LogP) is 1.66. The average molecular weight is 373 g/mol. The van der Waals surface area contributed by atoms with E-state index in [4.69, 9.17) is 4.42 Å². The van der Waals surface area contributed by atoms with Gasteiger partial charge in [-0.25, -0.2) is 4.39 Å². The third-order valence-corrected chi connectivity index (χ3v) is 4.45. The summed E-state index contributed by atoms with van der Waals surface area (Å²) in [6.45, 7) is 0.856. The van der Waals surface area contributed by atoms with Crippen LogP contribution in [-0.4, -0.2) is 35.7 Å². The molecule has 1 aliphatic rings. The standard InChI is InChI=1S/C19H20FN3O4/c20-16-5-3-13(4-6-16)10-17(24)21-22-18(25)14-2-1-8-23(11-14)19(26)15-7-9-27-12-15/h3-7,9,12,14H,1-2,8,10-11H2,(H,21,24)(H,22,25)/t14-/m1/s1. The minimum absolute atomic E-state index is 0.0241. The fraction of sp³-hybridized carbons (Fsp3) is 0.316. The van der Waals surface area contributed by atoms with Gasteiger partial charge in [0.1, 0.15) is 12.1 Å². The first-order chi connectivity index (χ1) is 13.0. The summed E-state index contributed by atoms with van der Waals surface area (Å²) >= 11 is 0. The maximum atomic E-state index is 12.9.